The van der Waals surface area contributed by atoms with Crippen LogP contribution in [-0.4, -0.2) is 46.0 Å². The average Bonchev–Trinajstić information content (AvgIpc) is 2.61. The van der Waals surface area contributed by atoms with Crippen LogP contribution in [0.15, 0.2) is 35.9 Å². The standard InChI is InChI=1S/C18H26N2O2/c1-21-18-6-4-17(5-7-18)20-10-8-16(9-11-20)19-13-15-3-2-12-22-14-15/h3-7,16,19H,2,8-14H2,1H3. The van der Waals surface area contributed by atoms with Crippen LogP contribution in [0.4, 0.5) is 5.69 Å². The van der Waals surface area contributed by atoms with Crippen LogP contribution >= 0.6 is 0 Å². The lowest BCUT2D eigenvalue weighted by molar-refractivity contribution is 0.148. The molecule has 1 aromatic carbocycles. The lowest BCUT2D eigenvalue weighted by Crippen LogP contribution is -2.43. The summed E-state index contributed by atoms with van der Waals surface area (Å²) in [5, 5.41) is 3.69. The van der Waals surface area contributed by atoms with E-state index in [-0.39, 0.29) is 0 Å². The molecule has 0 saturated carbocycles. The van der Waals surface area contributed by atoms with Crippen molar-refractivity contribution in [3.63, 3.8) is 0 Å². The maximum atomic E-state index is 5.49. The molecule has 2 aliphatic heterocycles. The molecule has 4 nitrogen and oxygen atoms in total. The van der Waals surface area contributed by atoms with Gasteiger partial charge in [0.1, 0.15) is 5.75 Å². The van der Waals surface area contributed by atoms with E-state index in [2.05, 4.69) is 28.4 Å². The molecule has 1 N–H and O–H groups in total. The van der Waals surface area contributed by atoms with E-state index in [1.54, 1.807) is 7.11 Å². The Labute approximate surface area is 133 Å². The summed E-state index contributed by atoms with van der Waals surface area (Å²) in [5.41, 5.74) is 2.70. The monoisotopic (exact) mass is 302 g/mol. The van der Waals surface area contributed by atoms with Crippen LogP contribution in [0.2, 0.25) is 0 Å². The zero-order valence-corrected chi connectivity index (χ0v) is 13.4. The molecule has 0 bridgehead atoms. The van der Waals surface area contributed by atoms with Crippen molar-refractivity contribution in [2.24, 2.45) is 0 Å². The summed E-state index contributed by atoms with van der Waals surface area (Å²) >= 11 is 0. The number of benzene rings is 1. The predicted octanol–water partition coefficient (Wildman–Crippen LogP) is 2.60. The molecule has 0 aliphatic carbocycles. The molecular weight excluding hydrogens is 276 g/mol. The van der Waals surface area contributed by atoms with Crippen molar-refractivity contribution < 1.29 is 9.47 Å². The second-order valence-electron chi connectivity index (χ2n) is 6.04. The van der Waals surface area contributed by atoms with Gasteiger partial charge in [0.25, 0.3) is 0 Å². The molecule has 1 saturated heterocycles. The number of hydrogen-bond donors (Lipinski definition) is 1. The minimum Gasteiger partial charge on any atom is -0.497 e. The molecule has 120 valence electrons. The average molecular weight is 302 g/mol. The Balaban J connectivity index is 1.44. The van der Waals surface area contributed by atoms with Crippen molar-refractivity contribution in [1.29, 1.82) is 0 Å². The van der Waals surface area contributed by atoms with Crippen LogP contribution in [0.3, 0.4) is 0 Å². The van der Waals surface area contributed by atoms with Crippen LogP contribution in [0.1, 0.15) is 19.3 Å². The molecule has 2 heterocycles. The third-order valence-electron chi connectivity index (χ3n) is 4.53. The van der Waals surface area contributed by atoms with Crippen LogP contribution < -0.4 is 15.0 Å². The zero-order chi connectivity index (χ0) is 15.2. The van der Waals surface area contributed by atoms with Crippen LogP contribution in [0, 0.1) is 0 Å². The fraction of sp³-hybridized carbons (Fsp3) is 0.556. The number of anilines is 1. The molecule has 0 amide bonds. The third kappa shape index (κ3) is 4.02. The quantitative estimate of drug-likeness (QED) is 0.848. The normalized spacial score (nSPS) is 19.9. The fourth-order valence-corrected chi connectivity index (χ4v) is 3.14. The van der Waals surface area contributed by atoms with Gasteiger partial charge < -0.3 is 19.7 Å². The molecule has 0 atom stereocenters. The predicted molar refractivity (Wildman–Crippen MR) is 89.8 cm³/mol. The lowest BCUT2D eigenvalue weighted by Gasteiger charge is -2.34. The van der Waals surface area contributed by atoms with E-state index in [0.29, 0.717) is 6.04 Å². The van der Waals surface area contributed by atoms with Gasteiger partial charge in [-0.05, 0) is 49.1 Å². The van der Waals surface area contributed by atoms with E-state index >= 15 is 0 Å². The Morgan fingerprint density at radius 2 is 2.00 bits per heavy atom. The number of nitrogens with one attached hydrogen (secondary N) is 1. The second-order valence-corrected chi connectivity index (χ2v) is 6.04. The van der Waals surface area contributed by atoms with Crippen molar-refractivity contribution in [3.8, 4) is 5.75 Å². The van der Waals surface area contributed by atoms with Crippen LogP contribution in [0.5, 0.6) is 5.75 Å². The van der Waals surface area contributed by atoms with Gasteiger partial charge in [-0.1, -0.05) is 6.08 Å². The van der Waals surface area contributed by atoms with E-state index in [1.807, 2.05) is 12.1 Å². The summed E-state index contributed by atoms with van der Waals surface area (Å²) in [6, 6.07) is 9.00. The Morgan fingerprint density at radius 1 is 1.23 bits per heavy atom. The van der Waals surface area contributed by atoms with Crippen LogP contribution in [-0.2, 0) is 4.74 Å². The SMILES string of the molecule is COc1ccc(N2CCC(NCC3=CCCOC3)CC2)cc1. The Bertz CT molecular complexity index is 490. The Morgan fingerprint density at radius 3 is 2.64 bits per heavy atom. The van der Waals surface area contributed by atoms with Crippen molar-refractivity contribution in [2.45, 2.75) is 25.3 Å². The summed E-state index contributed by atoms with van der Waals surface area (Å²) in [4.78, 5) is 2.46. The topological polar surface area (TPSA) is 33.7 Å². The molecule has 1 fully saturated rings. The van der Waals surface area contributed by atoms with Gasteiger partial charge in [0.2, 0.25) is 0 Å². The van der Waals surface area contributed by atoms with E-state index in [4.69, 9.17) is 9.47 Å². The van der Waals surface area contributed by atoms with E-state index in [1.165, 1.54) is 24.1 Å². The molecule has 0 aromatic heterocycles. The van der Waals surface area contributed by atoms with Gasteiger partial charge in [0.15, 0.2) is 0 Å². The molecule has 3 rings (SSSR count). The van der Waals surface area contributed by atoms with Crippen molar-refractivity contribution >= 4 is 5.69 Å². The Hall–Kier alpha value is -1.52. The smallest absolute Gasteiger partial charge is 0.119 e. The number of ether oxygens (including phenoxy) is 2. The van der Waals surface area contributed by atoms with Gasteiger partial charge in [-0.2, -0.15) is 0 Å². The third-order valence-corrected chi connectivity index (χ3v) is 4.53. The first-order valence-corrected chi connectivity index (χ1v) is 8.23. The molecule has 0 spiro atoms. The van der Waals surface area contributed by atoms with Gasteiger partial charge in [-0.15, -0.1) is 0 Å². The largest absolute Gasteiger partial charge is 0.497 e. The van der Waals surface area contributed by atoms with E-state index in [9.17, 15) is 0 Å². The highest BCUT2D eigenvalue weighted by molar-refractivity contribution is 5.49. The minimum atomic E-state index is 0.623. The molecule has 0 unspecified atom stereocenters. The summed E-state index contributed by atoms with van der Waals surface area (Å²) in [5.74, 6) is 0.920. The number of methoxy groups -OCH3 is 1. The summed E-state index contributed by atoms with van der Waals surface area (Å²) in [6.07, 6.45) is 5.77. The van der Waals surface area contributed by atoms with Crippen molar-refractivity contribution in [3.05, 3.63) is 35.9 Å². The van der Waals surface area contributed by atoms with Crippen LogP contribution in [0.25, 0.3) is 0 Å². The van der Waals surface area contributed by atoms with Gasteiger partial charge in [-0.3, -0.25) is 0 Å². The molecule has 2 aliphatic rings. The first-order valence-electron chi connectivity index (χ1n) is 8.23. The molecular formula is C18H26N2O2. The lowest BCUT2D eigenvalue weighted by atomic mass is 10.0. The number of piperidine rings is 1. The van der Waals surface area contributed by atoms with Gasteiger partial charge >= 0.3 is 0 Å². The second kappa shape index (κ2) is 7.65. The highest BCUT2D eigenvalue weighted by Crippen LogP contribution is 2.22. The fourth-order valence-electron chi connectivity index (χ4n) is 3.14. The first-order chi connectivity index (χ1) is 10.8. The highest BCUT2D eigenvalue weighted by atomic mass is 16.5. The Kier molecular flexibility index (Phi) is 5.35. The van der Waals surface area contributed by atoms with E-state index in [0.717, 1.165) is 45.0 Å². The molecule has 1 aromatic rings. The molecule has 0 radical (unpaired) electrons. The van der Waals surface area contributed by atoms with Gasteiger partial charge in [0.05, 0.1) is 20.3 Å². The summed E-state index contributed by atoms with van der Waals surface area (Å²) in [6.45, 7) is 4.88. The minimum absolute atomic E-state index is 0.623. The van der Waals surface area contributed by atoms with Gasteiger partial charge in [-0.25, -0.2) is 0 Å². The summed E-state index contributed by atoms with van der Waals surface area (Å²) < 4.78 is 10.7. The zero-order valence-electron chi connectivity index (χ0n) is 13.4. The maximum Gasteiger partial charge on any atom is 0.119 e. The highest BCUT2D eigenvalue weighted by Gasteiger charge is 2.19. The van der Waals surface area contributed by atoms with E-state index < -0.39 is 0 Å². The number of hydrogen-bond acceptors (Lipinski definition) is 4. The molecule has 22 heavy (non-hydrogen) atoms. The van der Waals surface area contributed by atoms with Crippen molar-refractivity contribution in [1.82, 2.24) is 5.32 Å². The maximum absolute atomic E-state index is 5.49. The van der Waals surface area contributed by atoms with Gasteiger partial charge in [0, 0.05) is 31.4 Å². The first kappa shape index (κ1) is 15.4. The number of rotatable bonds is 5. The number of nitrogens with zero attached hydrogens (tertiary/aromatic N) is 1. The summed E-state index contributed by atoms with van der Waals surface area (Å²) in [7, 11) is 1.71. The van der Waals surface area contributed by atoms with Crippen molar-refractivity contribution in [2.75, 3.05) is 44.9 Å². The molecule has 4 heteroatoms.